The fourth-order valence-corrected chi connectivity index (χ4v) is 4.71. The van der Waals surface area contributed by atoms with E-state index in [9.17, 15) is 23.1 Å². The van der Waals surface area contributed by atoms with E-state index in [0.717, 1.165) is 45.1 Å². The Morgan fingerprint density at radius 2 is 2.03 bits per heavy atom. The number of rotatable bonds is 5. The molecule has 2 aromatic rings. The highest BCUT2D eigenvalue weighted by Gasteiger charge is 2.31. The smallest absolute Gasteiger partial charge is 0.416 e. The van der Waals surface area contributed by atoms with Crippen molar-refractivity contribution in [1.82, 2.24) is 25.3 Å². The molecule has 3 N–H and O–H groups in total. The van der Waals surface area contributed by atoms with Gasteiger partial charge in [0.1, 0.15) is 11.6 Å². The summed E-state index contributed by atoms with van der Waals surface area (Å²) in [7, 11) is 0. The molecule has 1 aromatic carbocycles. The van der Waals surface area contributed by atoms with Crippen LogP contribution >= 0.6 is 0 Å². The predicted molar refractivity (Wildman–Crippen MR) is 126 cm³/mol. The summed E-state index contributed by atoms with van der Waals surface area (Å²) in [5, 5.41) is 25.2. The number of carbonyl (C=O) groups is 1. The Balaban J connectivity index is 1.38. The average Bonchev–Trinajstić information content (AvgIpc) is 2.79. The summed E-state index contributed by atoms with van der Waals surface area (Å²) in [6, 6.07) is 4.99. The number of alkyl halides is 3. The van der Waals surface area contributed by atoms with E-state index in [1.165, 1.54) is 6.07 Å². The molecule has 0 unspecified atom stereocenters. The number of carbonyl (C=O) groups excluding carboxylic acids is 1. The number of hydrogen-bond donors (Lipinski definition) is 3. The number of hydrogen-bond acceptors (Lipinski definition) is 7. The zero-order valence-electron chi connectivity index (χ0n) is 19.9. The van der Waals surface area contributed by atoms with Gasteiger partial charge in [0.15, 0.2) is 0 Å². The van der Waals surface area contributed by atoms with Gasteiger partial charge >= 0.3 is 6.18 Å². The molecule has 3 heterocycles. The molecule has 2 fully saturated rings. The van der Waals surface area contributed by atoms with E-state index < -0.39 is 17.5 Å². The van der Waals surface area contributed by atoms with E-state index >= 15 is 0 Å². The average molecular weight is 493 g/mol. The zero-order chi connectivity index (χ0) is 25.2. The van der Waals surface area contributed by atoms with Crippen molar-refractivity contribution in [3.63, 3.8) is 0 Å². The number of anilines is 1. The molecule has 0 spiro atoms. The highest BCUT2D eigenvalue weighted by atomic mass is 19.4. The number of nitrogens with zero attached hydrogens (tertiary/aromatic N) is 4. The second-order valence-corrected chi connectivity index (χ2v) is 9.40. The zero-order valence-corrected chi connectivity index (χ0v) is 19.9. The molecular weight excluding hydrogens is 461 g/mol. The monoisotopic (exact) mass is 492 g/mol. The van der Waals surface area contributed by atoms with Gasteiger partial charge in [0.25, 0.3) is 0 Å². The van der Waals surface area contributed by atoms with Crippen molar-refractivity contribution < 1.29 is 23.1 Å². The number of piperazine rings is 1. The van der Waals surface area contributed by atoms with Crippen LogP contribution in [0.3, 0.4) is 0 Å². The van der Waals surface area contributed by atoms with Crippen molar-refractivity contribution in [3.8, 4) is 17.0 Å². The molecule has 2 saturated heterocycles. The number of phenolic OH excluding ortho intramolecular Hbond substituents is 1. The maximum absolute atomic E-state index is 12.9. The van der Waals surface area contributed by atoms with Crippen LogP contribution in [0.2, 0.25) is 0 Å². The summed E-state index contributed by atoms with van der Waals surface area (Å²) in [6.45, 7) is 8.08. The highest BCUT2D eigenvalue weighted by molar-refractivity contribution is 5.78. The van der Waals surface area contributed by atoms with Crippen molar-refractivity contribution in [3.05, 3.63) is 35.4 Å². The summed E-state index contributed by atoms with van der Waals surface area (Å²) < 4.78 is 38.7. The van der Waals surface area contributed by atoms with Crippen LogP contribution in [0, 0.1) is 6.92 Å². The van der Waals surface area contributed by atoms with Gasteiger partial charge in [0.05, 0.1) is 17.8 Å². The largest absolute Gasteiger partial charge is 0.507 e. The highest BCUT2D eigenvalue weighted by Crippen LogP contribution is 2.36. The number of benzene rings is 1. The van der Waals surface area contributed by atoms with Gasteiger partial charge < -0.3 is 20.6 Å². The summed E-state index contributed by atoms with van der Waals surface area (Å²) in [4.78, 5) is 16.8. The maximum atomic E-state index is 12.9. The lowest BCUT2D eigenvalue weighted by Gasteiger charge is -2.36. The molecule has 2 aliphatic heterocycles. The molecule has 0 saturated carbocycles. The van der Waals surface area contributed by atoms with Crippen molar-refractivity contribution in [2.45, 2.75) is 44.9 Å². The number of amides is 1. The Morgan fingerprint density at radius 3 is 2.71 bits per heavy atom. The van der Waals surface area contributed by atoms with Crippen LogP contribution in [0.5, 0.6) is 5.75 Å². The van der Waals surface area contributed by atoms with Gasteiger partial charge in [-0.25, -0.2) is 0 Å². The lowest BCUT2D eigenvalue weighted by molar-refractivity contribution is -0.137. The summed E-state index contributed by atoms with van der Waals surface area (Å²) >= 11 is 0. The van der Waals surface area contributed by atoms with Crippen LogP contribution in [0.1, 0.15) is 30.9 Å². The Kier molecular flexibility index (Phi) is 7.46. The van der Waals surface area contributed by atoms with E-state index in [0.29, 0.717) is 42.3 Å². The lowest BCUT2D eigenvalue weighted by atomic mass is 10.0. The summed E-state index contributed by atoms with van der Waals surface area (Å²) in [5.41, 5.74) is 0.268. The van der Waals surface area contributed by atoms with Crippen LogP contribution in [0.15, 0.2) is 24.3 Å². The quantitative estimate of drug-likeness (QED) is 0.591. The van der Waals surface area contributed by atoms with E-state index in [1.807, 2.05) is 4.90 Å². The van der Waals surface area contributed by atoms with Gasteiger partial charge in [0.2, 0.25) is 5.91 Å². The van der Waals surface area contributed by atoms with E-state index in [1.54, 1.807) is 13.0 Å². The third-order valence-electron chi connectivity index (χ3n) is 6.50. The van der Waals surface area contributed by atoms with Crippen LogP contribution in [-0.4, -0.2) is 82.4 Å². The number of likely N-dealkylation sites (tertiary alicyclic amines) is 1. The third kappa shape index (κ3) is 6.21. The molecule has 11 heteroatoms. The first-order valence-corrected chi connectivity index (χ1v) is 11.8. The van der Waals surface area contributed by atoms with Crippen LogP contribution in [0.4, 0.5) is 19.0 Å². The van der Waals surface area contributed by atoms with Gasteiger partial charge in [-0.2, -0.15) is 13.2 Å². The molecule has 190 valence electrons. The Morgan fingerprint density at radius 1 is 1.23 bits per heavy atom. The van der Waals surface area contributed by atoms with Crippen molar-refractivity contribution in [2.75, 3.05) is 44.6 Å². The standard InChI is InChI=1S/C24H31F3N6O2/c1-15-10-21(30-31-23(15)19-6-5-17(11-20(19)34)24(25,26)27)29-18-4-3-8-32(13-18)14-22(35)33-9-7-28-16(2)12-33/h5-6,10-11,16,18,28,34H,3-4,7-9,12-14H2,1-2H3,(H,29,30)/t16-,18+/m0/s1. The minimum atomic E-state index is -4.54. The number of aromatic hydroxyl groups is 1. The topological polar surface area (TPSA) is 93.6 Å². The van der Waals surface area contributed by atoms with Crippen molar-refractivity contribution in [1.29, 1.82) is 0 Å². The third-order valence-corrected chi connectivity index (χ3v) is 6.50. The maximum Gasteiger partial charge on any atom is 0.416 e. The molecule has 2 aliphatic rings. The fourth-order valence-electron chi connectivity index (χ4n) is 4.71. The summed E-state index contributed by atoms with van der Waals surface area (Å²) in [5.74, 6) is 0.200. The molecule has 8 nitrogen and oxygen atoms in total. The SMILES string of the molecule is Cc1cc(N[C@@H]2CCCN(CC(=O)N3CCN[C@@H](C)C3)C2)nnc1-c1ccc(C(F)(F)F)cc1O. The molecule has 0 aliphatic carbocycles. The first kappa shape index (κ1) is 25.2. The number of phenols is 1. The van der Waals surface area contributed by atoms with Gasteiger partial charge in [-0.3, -0.25) is 9.69 Å². The van der Waals surface area contributed by atoms with Crippen LogP contribution in [0.25, 0.3) is 11.3 Å². The van der Waals surface area contributed by atoms with Crippen molar-refractivity contribution in [2.24, 2.45) is 0 Å². The second-order valence-electron chi connectivity index (χ2n) is 9.40. The van der Waals surface area contributed by atoms with E-state index in [-0.39, 0.29) is 17.5 Å². The number of nitrogens with one attached hydrogen (secondary N) is 2. The fraction of sp³-hybridized carbons (Fsp3) is 0.542. The molecule has 4 rings (SSSR count). The molecule has 35 heavy (non-hydrogen) atoms. The molecule has 2 atom stereocenters. The van der Waals surface area contributed by atoms with Crippen LogP contribution in [-0.2, 0) is 11.0 Å². The minimum Gasteiger partial charge on any atom is -0.507 e. The first-order valence-electron chi connectivity index (χ1n) is 11.8. The summed E-state index contributed by atoms with van der Waals surface area (Å²) in [6.07, 6.45) is -2.66. The normalized spacial score (nSPS) is 21.7. The van der Waals surface area contributed by atoms with Crippen LogP contribution < -0.4 is 10.6 Å². The van der Waals surface area contributed by atoms with E-state index in [4.69, 9.17) is 0 Å². The minimum absolute atomic E-state index is 0.0949. The Hall–Kier alpha value is -2.92. The first-order chi connectivity index (χ1) is 16.6. The van der Waals surface area contributed by atoms with Gasteiger partial charge in [0, 0.05) is 43.8 Å². The molecule has 1 amide bonds. The number of halogens is 3. The Bertz CT molecular complexity index is 1060. The van der Waals surface area contributed by atoms with Gasteiger partial charge in [-0.05, 0) is 63.1 Å². The Labute approximate surface area is 202 Å². The number of aryl methyl sites for hydroxylation is 1. The second kappa shape index (κ2) is 10.4. The predicted octanol–water partition coefficient (Wildman–Crippen LogP) is 2.87. The number of piperidine rings is 1. The van der Waals surface area contributed by atoms with E-state index in [2.05, 4.69) is 32.7 Å². The van der Waals surface area contributed by atoms with Gasteiger partial charge in [-0.1, -0.05) is 0 Å². The number of aromatic nitrogens is 2. The lowest BCUT2D eigenvalue weighted by Crippen LogP contribution is -2.54. The molecule has 1 aromatic heterocycles. The molecule has 0 radical (unpaired) electrons. The van der Waals surface area contributed by atoms with Crippen molar-refractivity contribution >= 4 is 11.7 Å². The molecular formula is C24H31F3N6O2. The van der Waals surface area contributed by atoms with Gasteiger partial charge in [-0.15, -0.1) is 10.2 Å². The molecule has 0 bridgehead atoms.